The summed E-state index contributed by atoms with van der Waals surface area (Å²) < 4.78 is 13.0. The monoisotopic (exact) mass is 249 g/mol. The van der Waals surface area contributed by atoms with E-state index in [1.54, 1.807) is 6.07 Å². The van der Waals surface area contributed by atoms with Crippen molar-refractivity contribution in [3.05, 3.63) is 40.2 Å². The van der Waals surface area contributed by atoms with Gasteiger partial charge < -0.3 is 0 Å². The van der Waals surface area contributed by atoms with Gasteiger partial charge in [0.05, 0.1) is 11.7 Å². The lowest BCUT2D eigenvalue weighted by Crippen LogP contribution is -1.96. The number of alkyl halides is 1. The summed E-state index contributed by atoms with van der Waals surface area (Å²) >= 11 is 9.17. The summed E-state index contributed by atoms with van der Waals surface area (Å²) in [5, 5.41) is 0.551. The molecular weight excluding hydrogens is 242 g/mol. The summed E-state index contributed by atoms with van der Waals surface area (Å²) in [4.78, 5) is 0. The van der Waals surface area contributed by atoms with Crippen LogP contribution in [-0.4, -0.2) is 6.67 Å². The summed E-state index contributed by atoms with van der Waals surface area (Å²) in [6.07, 6.45) is 0. The first-order valence-electron chi connectivity index (χ1n) is 3.49. The Morgan fingerprint density at radius 2 is 2.25 bits per heavy atom. The molecule has 0 aromatic heterocycles. The average Bonchev–Trinajstić information content (AvgIpc) is 2.08. The highest BCUT2D eigenvalue weighted by Gasteiger charge is 2.10. The van der Waals surface area contributed by atoms with Crippen LogP contribution in [0.4, 0.5) is 4.39 Å². The van der Waals surface area contributed by atoms with E-state index in [-0.39, 0.29) is 5.92 Å². The highest BCUT2D eigenvalue weighted by molar-refractivity contribution is 9.10. The Morgan fingerprint density at radius 1 is 1.58 bits per heavy atom. The molecule has 1 rings (SSSR count). The molecule has 1 radical (unpaired) electrons. The SMILES string of the molecule is [CH2]C(CF)c1cccc(Br)c1Cl. The molecule has 1 aromatic carbocycles. The molecule has 0 saturated heterocycles. The minimum Gasteiger partial charge on any atom is -0.250 e. The van der Waals surface area contributed by atoms with Crippen LogP contribution >= 0.6 is 27.5 Å². The van der Waals surface area contributed by atoms with Crippen molar-refractivity contribution in [3.63, 3.8) is 0 Å². The van der Waals surface area contributed by atoms with Gasteiger partial charge in [-0.15, -0.1) is 0 Å². The molecule has 0 fully saturated rings. The van der Waals surface area contributed by atoms with Gasteiger partial charge >= 0.3 is 0 Å². The molecule has 0 bridgehead atoms. The number of benzene rings is 1. The average molecular weight is 251 g/mol. The molecule has 0 aliphatic rings. The summed E-state index contributed by atoms with van der Waals surface area (Å²) in [5.74, 6) is -0.380. The molecule has 0 saturated carbocycles. The van der Waals surface area contributed by atoms with Gasteiger partial charge in [-0.05, 0) is 34.5 Å². The molecular formula is C9H8BrClF. The van der Waals surface area contributed by atoms with Crippen molar-refractivity contribution in [2.45, 2.75) is 5.92 Å². The Bertz CT molecular complexity index is 275. The van der Waals surface area contributed by atoms with Gasteiger partial charge in [0, 0.05) is 10.4 Å². The van der Waals surface area contributed by atoms with Crippen molar-refractivity contribution in [1.82, 2.24) is 0 Å². The van der Waals surface area contributed by atoms with Crippen LogP contribution in [-0.2, 0) is 0 Å². The van der Waals surface area contributed by atoms with Gasteiger partial charge in [0.2, 0.25) is 0 Å². The molecule has 3 heteroatoms. The third kappa shape index (κ3) is 1.99. The lowest BCUT2D eigenvalue weighted by Gasteiger charge is -2.09. The first-order valence-corrected chi connectivity index (χ1v) is 4.67. The Kier molecular flexibility index (Phi) is 3.53. The molecule has 0 aliphatic carbocycles. The molecule has 1 unspecified atom stereocenters. The highest BCUT2D eigenvalue weighted by atomic mass is 79.9. The fourth-order valence-corrected chi connectivity index (χ4v) is 1.58. The van der Waals surface area contributed by atoms with E-state index in [4.69, 9.17) is 11.6 Å². The fraction of sp³-hybridized carbons (Fsp3) is 0.222. The Hall–Kier alpha value is -0.0800. The van der Waals surface area contributed by atoms with E-state index in [1.807, 2.05) is 12.1 Å². The van der Waals surface area contributed by atoms with E-state index in [9.17, 15) is 4.39 Å². The molecule has 1 aromatic rings. The first kappa shape index (κ1) is 10.0. The second-order valence-corrected chi connectivity index (χ2v) is 3.73. The number of halogens is 3. The van der Waals surface area contributed by atoms with Gasteiger partial charge in [-0.3, -0.25) is 4.39 Å². The van der Waals surface area contributed by atoms with Crippen molar-refractivity contribution >= 4 is 27.5 Å². The molecule has 0 spiro atoms. The van der Waals surface area contributed by atoms with E-state index in [0.29, 0.717) is 5.02 Å². The van der Waals surface area contributed by atoms with Crippen LogP contribution in [0.3, 0.4) is 0 Å². The topological polar surface area (TPSA) is 0 Å². The Balaban J connectivity index is 3.07. The second kappa shape index (κ2) is 4.24. The standard InChI is InChI=1S/C9H8BrClF/c1-6(5-12)7-3-2-4-8(10)9(7)11/h2-4,6H,1,5H2. The zero-order chi connectivity index (χ0) is 9.14. The normalized spacial score (nSPS) is 13.0. The maximum Gasteiger partial charge on any atom is 0.0963 e. The summed E-state index contributed by atoms with van der Waals surface area (Å²) in [7, 11) is 0. The van der Waals surface area contributed by atoms with E-state index >= 15 is 0 Å². The van der Waals surface area contributed by atoms with Crippen LogP contribution < -0.4 is 0 Å². The lowest BCUT2D eigenvalue weighted by molar-refractivity contribution is 0.465. The zero-order valence-electron chi connectivity index (χ0n) is 6.36. The van der Waals surface area contributed by atoms with Gasteiger partial charge in [-0.2, -0.15) is 0 Å². The van der Waals surface area contributed by atoms with Gasteiger partial charge in [-0.1, -0.05) is 23.7 Å². The fourth-order valence-electron chi connectivity index (χ4n) is 0.919. The van der Waals surface area contributed by atoms with Crippen LogP contribution in [0.5, 0.6) is 0 Å². The van der Waals surface area contributed by atoms with Gasteiger partial charge in [-0.25, -0.2) is 0 Å². The molecule has 0 aliphatic heterocycles. The van der Waals surface area contributed by atoms with Gasteiger partial charge in [0.1, 0.15) is 0 Å². The maximum absolute atomic E-state index is 12.2. The van der Waals surface area contributed by atoms with Crippen molar-refractivity contribution in [2.75, 3.05) is 6.67 Å². The molecule has 1 atom stereocenters. The first-order chi connectivity index (χ1) is 5.66. The smallest absolute Gasteiger partial charge is 0.0963 e. The molecule has 0 heterocycles. The van der Waals surface area contributed by atoms with Crippen molar-refractivity contribution in [1.29, 1.82) is 0 Å². The van der Waals surface area contributed by atoms with E-state index < -0.39 is 6.67 Å². The van der Waals surface area contributed by atoms with Crippen molar-refractivity contribution < 1.29 is 4.39 Å². The molecule has 0 N–H and O–H groups in total. The maximum atomic E-state index is 12.2. The Morgan fingerprint density at radius 3 is 2.83 bits per heavy atom. The van der Waals surface area contributed by atoms with Crippen LogP contribution in [0.15, 0.2) is 22.7 Å². The van der Waals surface area contributed by atoms with Gasteiger partial charge in [0.25, 0.3) is 0 Å². The van der Waals surface area contributed by atoms with Crippen molar-refractivity contribution in [2.24, 2.45) is 0 Å². The summed E-state index contributed by atoms with van der Waals surface area (Å²) in [5.41, 5.74) is 0.744. The van der Waals surface area contributed by atoms with Crippen LogP contribution in [0.1, 0.15) is 11.5 Å². The number of hydrogen-bond acceptors (Lipinski definition) is 0. The summed E-state index contributed by atoms with van der Waals surface area (Å²) in [6, 6.07) is 5.42. The van der Waals surface area contributed by atoms with E-state index in [2.05, 4.69) is 22.9 Å². The molecule has 12 heavy (non-hydrogen) atoms. The van der Waals surface area contributed by atoms with E-state index in [0.717, 1.165) is 10.0 Å². The number of rotatable bonds is 2. The second-order valence-electron chi connectivity index (χ2n) is 2.49. The van der Waals surface area contributed by atoms with E-state index in [1.165, 1.54) is 0 Å². The van der Waals surface area contributed by atoms with Gasteiger partial charge in [0.15, 0.2) is 0 Å². The molecule has 65 valence electrons. The minimum absolute atomic E-state index is 0.380. The van der Waals surface area contributed by atoms with Crippen LogP contribution in [0.2, 0.25) is 5.02 Å². The largest absolute Gasteiger partial charge is 0.250 e. The predicted molar refractivity (Wildman–Crippen MR) is 53.2 cm³/mol. The third-order valence-corrected chi connectivity index (χ3v) is 2.92. The summed E-state index contributed by atoms with van der Waals surface area (Å²) in [6.45, 7) is 3.16. The lowest BCUT2D eigenvalue weighted by atomic mass is 10.0. The van der Waals surface area contributed by atoms with Crippen molar-refractivity contribution in [3.8, 4) is 0 Å². The van der Waals surface area contributed by atoms with Crippen LogP contribution in [0.25, 0.3) is 0 Å². The molecule has 0 nitrogen and oxygen atoms in total. The highest BCUT2D eigenvalue weighted by Crippen LogP contribution is 2.30. The third-order valence-electron chi connectivity index (χ3n) is 1.61. The quantitative estimate of drug-likeness (QED) is 0.744. The molecule has 0 amide bonds. The zero-order valence-corrected chi connectivity index (χ0v) is 8.70. The predicted octanol–water partition coefficient (Wildman–Crippen LogP) is 3.99. The minimum atomic E-state index is -0.490. The Labute approximate surface area is 84.9 Å². The van der Waals surface area contributed by atoms with Crippen LogP contribution in [0, 0.1) is 6.92 Å². The number of hydrogen-bond donors (Lipinski definition) is 0.